The van der Waals surface area contributed by atoms with Gasteiger partial charge in [-0.25, -0.2) is 8.42 Å². The van der Waals surface area contributed by atoms with Gasteiger partial charge in [-0.15, -0.1) is 0 Å². The van der Waals surface area contributed by atoms with E-state index in [1.54, 1.807) is 37.4 Å². The lowest BCUT2D eigenvalue weighted by molar-refractivity contribution is 0.0844. The van der Waals surface area contributed by atoms with Crippen molar-refractivity contribution < 1.29 is 18.0 Å². The predicted octanol–water partition coefficient (Wildman–Crippen LogP) is 2.96. The Morgan fingerprint density at radius 2 is 1.62 bits per heavy atom. The van der Waals surface area contributed by atoms with Crippen LogP contribution in [0, 0.1) is 6.92 Å². The van der Waals surface area contributed by atoms with Crippen LogP contribution in [0.15, 0.2) is 70.2 Å². The summed E-state index contributed by atoms with van der Waals surface area (Å²) in [6.07, 6.45) is 1.58. The zero-order valence-corrected chi connectivity index (χ0v) is 17.6. The number of carbonyl (C=O) groups excluding carboxylic acids is 2. The van der Waals surface area contributed by atoms with Gasteiger partial charge in [-0.2, -0.15) is 0 Å². The van der Waals surface area contributed by atoms with E-state index in [9.17, 15) is 18.0 Å². The van der Waals surface area contributed by atoms with Crippen LogP contribution in [0.5, 0.6) is 0 Å². The highest BCUT2D eigenvalue weighted by atomic mass is 79.9. The summed E-state index contributed by atoms with van der Waals surface area (Å²) in [6.45, 7) is 1.80. The number of aromatic amines is 1. The smallest absolute Gasteiger partial charge is 0.286 e. The van der Waals surface area contributed by atoms with Gasteiger partial charge < -0.3 is 4.98 Å². The van der Waals surface area contributed by atoms with Crippen molar-refractivity contribution in [3.8, 4) is 0 Å². The molecule has 0 fully saturated rings. The number of aromatic nitrogens is 1. The highest BCUT2D eigenvalue weighted by molar-refractivity contribution is 9.10. The van der Waals surface area contributed by atoms with E-state index in [-0.39, 0.29) is 16.2 Å². The summed E-state index contributed by atoms with van der Waals surface area (Å²) < 4.78 is 28.3. The highest BCUT2D eigenvalue weighted by Crippen LogP contribution is 2.19. The van der Waals surface area contributed by atoms with Gasteiger partial charge >= 0.3 is 0 Å². The molecule has 4 N–H and O–H groups in total. The van der Waals surface area contributed by atoms with Crippen molar-refractivity contribution in [3.05, 3.63) is 82.1 Å². The first-order valence-electron chi connectivity index (χ1n) is 8.39. The molecule has 10 heteroatoms. The van der Waals surface area contributed by atoms with Gasteiger partial charge in [0.25, 0.3) is 21.8 Å². The second-order valence-electron chi connectivity index (χ2n) is 6.08. The number of nitrogens with one attached hydrogen (secondary N) is 4. The van der Waals surface area contributed by atoms with E-state index < -0.39 is 21.8 Å². The third-order valence-electron chi connectivity index (χ3n) is 4.00. The molecule has 1 aromatic heterocycles. The summed E-state index contributed by atoms with van der Waals surface area (Å²) in [5.41, 5.74) is 6.27. The van der Waals surface area contributed by atoms with Gasteiger partial charge in [-0.1, -0.05) is 18.2 Å². The van der Waals surface area contributed by atoms with Crippen LogP contribution in [0.25, 0.3) is 0 Å². The molecule has 0 spiro atoms. The number of hydrazine groups is 1. The standard InChI is InChI=1S/C19H17BrN4O4S/c1-12-4-2-3-5-16(12)24-29(27,28)15-8-6-13(7-9-15)18(25)22-23-19(26)17-10-14(20)11-21-17/h2-11,21,24H,1H3,(H,22,25)(H,23,26). The molecule has 2 amide bonds. The topological polar surface area (TPSA) is 120 Å². The van der Waals surface area contributed by atoms with Gasteiger partial charge in [-0.3, -0.25) is 25.2 Å². The van der Waals surface area contributed by atoms with Gasteiger partial charge in [0.2, 0.25) is 0 Å². The van der Waals surface area contributed by atoms with Crippen molar-refractivity contribution in [2.24, 2.45) is 0 Å². The summed E-state index contributed by atoms with van der Waals surface area (Å²) in [7, 11) is -3.80. The SMILES string of the molecule is Cc1ccccc1NS(=O)(=O)c1ccc(C(=O)NNC(=O)c2cc(Br)c[nH]2)cc1. The van der Waals surface area contributed by atoms with Crippen LogP contribution in [-0.4, -0.2) is 25.2 Å². The lowest BCUT2D eigenvalue weighted by atomic mass is 10.2. The number of benzene rings is 2. The molecule has 8 nitrogen and oxygen atoms in total. The van der Waals surface area contributed by atoms with Crippen LogP contribution >= 0.6 is 15.9 Å². The lowest BCUT2D eigenvalue weighted by Gasteiger charge is -2.11. The monoisotopic (exact) mass is 476 g/mol. The van der Waals surface area contributed by atoms with Crippen LogP contribution in [-0.2, 0) is 10.0 Å². The number of anilines is 1. The molecule has 0 aliphatic heterocycles. The van der Waals surface area contributed by atoms with E-state index in [0.29, 0.717) is 10.2 Å². The zero-order chi connectivity index (χ0) is 21.0. The zero-order valence-electron chi connectivity index (χ0n) is 15.2. The maximum absolute atomic E-state index is 12.5. The van der Waals surface area contributed by atoms with Crippen LogP contribution in [0.3, 0.4) is 0 Å². The van der Waals surface area contributed by atoms with Crippen molar-refractivity contribution in [2.75, 3.05) is 4.72 Å². The molecule has 29 heavy (non-hydrogen) atoms. The van der Waals surface area contributed by atoms with E-state index in [4.69, 9.17) is 0 Å². The normalized spacial score (nSPS) is 11.0. The number of hydrogen-bond donors (Lipinski definition) is 4. The molecular formula is C19H17BrN4O4S. The Hall–Kier alpha value is -3.11. The molecule has 0 saturated carbocycles. The van der Waals surface area contributed by atoms with Gasteiger partial charge in [0, 0.05) is 16.2 Å². The Labute approximate surface area is 175 Å². The van der Waals surface area contributed by atoms with Gasteiger partial charge in [0.05, 0.1) is 10.6 Å². The Morgan fingerprint density at radius 3 is 2.24 bits per heavy atom. The van der Waals surface area contributed by atoms with Gasteiger partial charge in [-0.05, 0) is 64.8 Å². The molecule has 0 aliphatic carbocycles. The van der Waals surface area contributed by atoms with Crippen molar-refractivity contribution >= 4 is 43.5 Å². The first-order chi connectivity index (χ1) is 13.8. The van der Waals surface area contributed by atoms with Crippen LogP contribution < -0.4 is 15.6 Å². The number of aryl methyl sites for hydroxylation is 1. The summed E-state index contributed by atoms with van der Waals surface area (Å²) in [5.74, 6) is -1.11. The van der Waals surface area contributed by atoms with E-state index in [1.807, 2.05) is 6.07 Å². The lowest BCUT2D eigenvalue weighted by Crippen LogP contribution is -2.41. The number of amides is 2. The molecule has 3 rings (SSSR count). The Bertz CT molecular complexity index is 1160. The maximum Gasteiger partial charge on any atom is 0.286 e. The minimum Gasteiger partial charge on any atom is -0.356 e. The number of halogens is 1. The first-order valence-corrected chi connectivity index (χ1v) is 10.7. The average Bonchev–Trinajstić information content (AvgIpc) is 3.14. The molecule has 0 bridgehead atoms. The fraction of sp³-hybridized carbons (Fsp3) is 0.0526. The van der Waals surface area contributed by atoms with Gasteiger partial charge in [0.1, 0.15) is 5.69 Å². The number of sulfonamides is 1. The molecule has 0 atom stereocenters. The number of para-hydroxylation sites is 1. The summed E-state index contributed by atoms with van der Waals surface area (Å²) >= 11 is 3.21. The molecule has 3 aromatic rings. The first kappa shape index (κ1) is 20.6. The Morgan fingerprint density at radius 1 is 0.966 bits per heavy atom. The van der Waals surface area contributed by atoms with Crippen LogP contribution in [0.4, 0.5) is 5.69 Å². The average molecular weight is 477 g/mol. The second kappa shape index (κ2) is 8.50. The number of rotatable bonds is 5. The fourth-order valence-electron chi connectivity index (χ4n) is 2.43. The number of hydrogen-bond acceptors (Lipinski definition) is 4. The molecular weight excluding hydrogens is 460 g/mol. The van der Waals surface area contributed by atoms with Crippen LogP contribution in [0.1, 0.15) is 26.4 Å². The van der Waals surface area contributed by atoms with Crippen LogP contribution in [0.2, 0.25) is 0 Å². The molecule has 2 aromatic carbocycles. The van der Waals surface area contributed by atoms with Crippen molar-refractivity contribution in [2.45, 2.75) is 11.8 Å². The molecule has 150 valence electrons. The van der Waals surface area contributed by atoms with E-state index in [0.717, 1.165) is 5.56 Å². The number of carbonyl (C=O) groups is 2. The van der Waals surface area contributed by atoms with E-state index in [2.05, 4.69) is 36.5 Å². The molecule has 0 saturated heterocycles. The number of H-pyrrole nitrogens is 1. The minimum atomic E-state index is -3.80. The largest absolute Gasteiger partial charge is 0.356 e. The molecule has 0 radical (unpaired) electrons. The quantitative estimate of drug-likeness (QED) is 0.423. The predicted molar refractivity (Wildman–Crippen MR) is 112 cm³/mol. The molecule has 1 heterocycles. The fourth-order valence-corrected chi connectivity index (χ4v) is 3.90. The third kappa shape index (κ3) is 5.04. The Balaban J connectivity index is 1.65. The summed E-state index contributed by atoms with van der Waals surface area (Å²) in [5, 5.41) is 0. The maximum atomic E-state index is 12.5. The summed E-state index contributed by atoms with van der Waals surface area (Å²) in [4.78, 5) is 26.8. The van der Waals surface area contributed by atoms with E-state index in [1.165, 1.54) is 24.3 Å². The van der Waals surface area contributed by atoms with Crippen molar-refractivity contribution in [1.29, 1.82) is 0 Å². The van der Waals surface area contributed by atoms with Gasteiger partial charge in [0.15, 0.2) is 0 Å². The van der Waals surface area contributed by atoms with Crippen molar-refractivity contribution in [3.63, 3.8) is 0 Å². The molecule has 0 aliphatic rings. The van der Waals surface area contributed by atoms with E-state index >= 15 is 0 Å². The second-order valence-corrected chi connectivity index (χ2v) is 8.68. The Kier molecular flexibility index (Phi) is 6.04. The summed E-state index contributed by atoms with van der Waals surface area (Å²) in [6, 6.07) is 13.9. The minimum absolute atomic E-state index is 0.0116. The molecule has 0 unspecified atom stereocenters. The highest BCUT2D eigenvalue weighted by Gasteiger charge is 2.16. The third-order valence-corrected chi connectivity index (χ3v) is 5.84. The van der Waals surface area contributed by atoms with Crippen molar-refractivity contribution in [1.82, 2.24) is 15.8 Å².